The van der Waals surface area contributed by atoms with E-state index in [0.29, 0.717) is 12.4 Å². The van der Waals surface area contributed by atoms with Crippen molar-refractivity contribution in [3.63, 3.8) is 0 Å². The highest BCUT2D eigenvalue weighted by Crippen LogP contribution is 2.35. The molecule has 0 fully saturated rings. The third kappa shape index (κ3) is 3.28. The second-order valence-electron chi connectivity index (χ2n) is 5.18. The van der Waals surface area contributed by atoms with Gasteiger partial charge in [-0.1, -0.05) is 0 Å². The summed E-state index contributed by atoms with van der Waals surface area (Å²) in [5.41, 5.74) is -2.40. The van der Waals surface area contributed by atoms with Gasteiger partial charge in [-0.15, -0.1) is 0 Å². The van der Waals surface area contributed by atoms with Crippen molar-refractivity contribution in [3.05, 3.63) is 29.3 Å². The largest absolute Gasteiger partial charge is 0.465 e. The van der Waals surface area contributed by atoms with Gasteiger partial charge in [0.1, 0.15) is 0 Å². The third-order valence-corrected chi connectivity index (χ3v) is 2.59. The number of anilines is 1. The van der Waals surface area contributed by atoms with Gasteiger partial charge in [0.05, 0.1) is 11.3 Å². The van der Waals surface area contributed by atoms with Crippen molar-refractivity contribution >= 4 is 18.1 Å². The minimum Gasteiger partial charge on any atom is -0.465 e. The number of carboxylic acid groups (broad SMARTS) is 1. The smallest absolute Gasteiger partial charge is 0.416 e. The number of halogens is 3. The number of benzene rings is 1. The van der Waals surface area contributed by atoms with Crippen LogP contribution in [-0.2, 0) is 6.18 Å². The van der Waals surface area contributed by atoms with Gasteiger partial charge in [0.25, 0.3) is 0 Å². The number of carbonyl (C=O) groups is 2. The van der Waals surface area contributed by atoms with Crippen molar-refractivity contribution in [2.45, 2.75) is 32.5 Å². The van der Waals surface area contributed by atoms with Crippen LogP contribution < -0.4 is 4.90 Å². The van der Waals surface area contributed by atoms with Crippen molar-refractivity contribution in [1.82, 2.24) is 0 Å². The van der Waals surface area contributed by atoms with Crippen LogP contribution in [0.3, 0.4) is 0 Å². The summed E-state index contributed by atoms with van der Waals surface area (Å²) in [4.78, 5) is 23.0. The number of hydrogen-bond donors (Lipinski definition) is 1. The van der Waals surface area contributed by atoms with Gasteiger partial charge in [-0.3, -0.25) is 9.69 Å². The Morgan fingerprint density at radius 1 is 1.25 bits per heavy atom. The van der Waals surface area contributed by atoms with Crippen molar-refractivity contribution in [3.8, 4) is 0 Å². The molecule has 0 spiro atoms. The zero-order valence-corrected chi connectivity index (χ0v) is 11.2. The van der Waals surface area contributed by atoms with Gasteiger partial charge in [-0.25, -0.2) is 4.79 Å². The predicted octanol–water partition coefficient (Wildman–Crippen LogP) is 3.80. The number of amides is 1. The molecule has 20 heavy (non-hydrogen) atoms. The van der Waals surface area contributed by atoms with E-state index in [1.165, 1.54) is 20.8 Å². The minimum absolute atomic E-state index is 0.115. The Morgan fingerprint density at radius 3 is 2.15 bits per heavy atom. The number of alkyl halides is 3. The summed E-state index contributed by atoms with van der Waals surface area (Å²) in [5.74, 6) is 0. The Morgan fingerprint density at radius 2 is 1.80 bits per heavy atom. The molecule has 1 rings (SSSR count). The predicted molar refractivity (Wildman–Crippen MR) is 67.1 cm³/mol. The third-order valence-electron chi connectivity index (χ3n) is 2.59. The van der Waals surface area contributed by atoms with Crippen LogP contribution in [0.15, 0.2) is 18.2 Å². The molecule has 0 bridgehead atoms. The maximum atomic E-state index is 12.7. The van der Waals surface area contributed by atoms with Crippen molar-refractivity contribution in [2.24, 2.45) is 0 Å². The van der Waals surface area contributed by atoms with E-state index in [1.54, 1.807) is 0 Å². The zero-order valence-electron chi connectivity index (χ0n) is 11.2. The van der Waals surface area contributed by atoms with Gasteiger partial charge in [0, 0.05) is 11.1 Å². The molecule has 0 unspecified atom stereocenters. The van der Waals surface area contributed by atoms with Crippen molar-refractivity contribution < 1.29 is 27.9 Å². The number of hydrogen-bond acceptors (Lipinski definition) is 2. The lowest BCUT2D eigenvalue weighted by Gasteiger charge is -2.34. The van der Waals surface area contributed by atoms with Crippen LogP contribution in [0.4, 0.5) is 23.7 Å². The first-order valence-corrected chi connectivity index (χ1v) is 5.68. The van der Waals surface area contributed by atoms with E-state index in [-0.39, 0.29) is 11.3 Å². The normalized spacial score (nSPS) is 12.1. The zero-order chi connectivity index (χ0) is 15.7. The number of aldehydes is 1. The molecule has 0 radical (unpaired) electrons. The molecule has 0 saturated carbocycles. The van der Waals surface area contributed by atoms with Crippen LogP contribution in [-0.4, -0.2) is 23.0 Å². The Balaban J connectivity index is 3.54. The Labute approximate surface area is 113 Å². The lowest BCUT2D eigenvalue weighted by atomic mass is 10.0. The summed E-state index contributed by atoms with van der Waals surface area (Å²) >= 11 is 0. The SMILES string of the molecule is CC(C)(C)N(C(=O)O)c1cc(C(F)(F)F)ccc1C=O. The van der Waals surface area contributed by atoms with E-state index in [4.69, 9.17) is 0 Å². The fraction of sp³-hybridized carbons (Fsp3) is 0.385. The van der Waals surface area contributed by atoms with E-state index in [9.17, 15) is 27.9 Å². The molecule has 7 heteroatoms. The molecule has 1 aromatic rings. The monoisotopic (exact) mass is 289 g/mol. The highest BCUT2D eigenvalue weighted by atomic mass is 19.4. The first-order valence-electron chi connectivity index (χ1n) is 5.68. The number of carbonyl (C=O) groups excluding carboxylic acids is 1. The minimum atomic E-state index is -4.61. The molecule has 0 atom stereocenters. The maximum Gasteiger partial charge on any atom is 0.416 e. The van der Waals surface area contributed by atoms with Crippen molar-refractivity contribution in [2.75, 3.05) is 4.90 Å². The molecule has 1 amide bonds. The molecule has 0 aliphatic carbocycles. The molecule has 1 aromatic carbocycles. The summed E-state index contributed by atoms with van der Waals surface area (Å²) < 4.78 is 38.1. The summed E-state index contributed by atoms with van der Waals surface area (Å²) in [5, 5.41) is 9.20. The van der Waals surface area contributed by atoms with Gasteiger partial charge in [-0.05, 0) is 39.0 Å². The average molecular weight is 289 g/mol. The maximum absolute atomic E-state index is 12.7. The van der Waals surface area contributed by atoms with E-state index in [0.717, 1.165) is 17.0 Å². The molecule has 1 N–H and O–H groups in total. The van der Waals surface area contributed by atoms with Gasteiger partial charge in [0.15, 0.2) is 6.29 Å². The molecule has 0 aromatic heterocycles. The number of nitrogens with zero attached hydrogens (tertiary/aromatic N) is 1. The fourth-order valence-corrected chi connectivity index (χ4v) is 1.76. The van der Waals surface area contributed by atoms with Crippen LogP contribution in [0.2, 0.25) is 0 Å². The van der Waals surface area contributed by atoms with E-state index in [2.05, 4.69) is 0 Å². The molecule has 0 saturated heterocycles. The Hall–Kier alpha value is -2.05. The standard InChI is InChI=1S/C13H14F3NO3/c1-12(2,3)17(11(19)20)10-6-9(13(14,15)16)5-4-8(10)7-18/h4-7H,1-3H3,(H,19,20). The molecular weight excluding hydrogens is 275 g/mol. The van der Waals surface area contributed by atoms with Crippen LogP contribution in [0.25, 0.3) is 0 Å². The highest BCUT2D eigenvalue weighted by molar-refractivity contribution is 5.95. The molecule has 110 valence electrons. The molecule has 0 heterocycles. The molecule has 0 aliphatic rings. The summed E-state index contributed by atoms with van der Waals surface area (Å²) in [6, 6.07) is 2.38. The quantitative estimate of drug-likeness (QED) is 0.842. The molecular formula is C13H14F3NO3. The fourth-order valence-electron chi connectivity index (χ4n) is 1.76. The number of rotatable bonds is 2. The second kappa shape index (κ2) is 5.15. The van der Waals surface area contributed by atoms with Crippen LogP contribution in [0, 0.1) is 0 Å². The molecule has 4 nitrogen and oxygen atoms in total. The Kier molecular flexibility index (Phi) is 4.12. The lowest BCUT2D eigenvalue weighted by molar-refractivity contribution is -0.137. The first kappa shape index (κ1) is 16.0. The molecule has 0 aliphatic heterocycles. The average Bonchev–Trinajstić information content (AvgIpc) is 2.25. The van der Waals surface area contributed by atoms with Gasteiger partial charge in [-0.2, -0.15) is 13.2 Å². The van der Waals surface area contributed by atoms with E-state index < -0.39 is 23.4 Å². The van der Waals surface area contributed by atoms with E-state index >= 15 is 0 Å². The summed E-state index contributed by atoms with van der Waals surface area (Å²) in [6.07, 6.45) is -5.71. The van der Waals surface area contributed by atoms with Gasteiger partial charge >= 0.3 is 12.3 Å². The van der Waals surface area contributed by atoms with Crippen LogP contribution in [0.1, 0.15) is 36.7 Å². The second-order valence-corrected chi connectivity index (χ2v) is 5.18. The van der Waals surface area contributed by atoms with Crippen LogP contribution >= 0.6 is 0 Å². The highest BCUT2D eigenvalue weighted by Gasteiger charge is 2.35. The summed E-state index contributed by atoms with van der Waals surface area (Å²) in [7, 11) is 0. The summed E-state index contributed by atoms with van der Waals surface area (Å²) in [6.45, 7) is 4.57. The van der Waals surface area contributed by atoms with Crippen LogP contribution in [0.5, 0.6) is 0 Å². The van der Waals surface area contributed by atoms with Gasteiger partial charge in [0.2, 0.25) is 0 Å². The Bertz CT molecular complexity index is 533. The van der Waals surface area contributed by atoms with Crippen molar-refractivity contribution in [1.29, 1.82) is 0 Å². The lowest BCUT2D eigenvalue weighted by Crippen LogP contribution is -2.45. The van der Waals surface area contributed by atoms with Gasteiger partial charge < -0.3 is 5.11 Å². The van der Waals surface area contributed by atoms with E-state index in [1.807, 2.05) is 0 Å². The first-order chi connectivity index (χ1) is 8.98. The topological polar surface area (TPSA) is 57.6 Å².